The van der Waals surface area contributed by atoms with E-state index in [1.165, 1.54) is 11.1 Å². The van der Waals surface area contributed by atoms with E-state index < -0.39 is 0 Å². The standard InChI is InChI=1S/C28H30N4O2/c1-32(2)15-16-34-23-7-3-19(4-8-23)27-18-25(28(30-27)20-11-13-29-14-12-20)22-5-9-24-21(17-22)6-10-26(24)31-33/h3-5,7-9,11-14,17-18,26,30-31,33H,6,10,15-16H2,1-2H3. The minimum atomic E-state index is 0.0176. The van der Waals surface area contributed by atoms with E-state index in [1.54, 1.807) is 0 Å². The van der Waals surface area contributed by atoms with E-state index in [9.17, 15) is 5.21 Å². The number of hydrogen-bond acceptors (Lipinski definition) is 5. The van der Waals surface area contributed by atoms with Crippen molar-refractivity contribution in [1.29, 1.82) is 0 Å². The molecule has 0 amide bonds. The Balaban J connectivity index is 1.49. The first kappa shape index (κ1) is 22.3. The van der Waals surface area contributed by atoms with Gasteiger partial charge in [-0.05, 0) is 91.7 Å². The third-order valence-corrected chi connectivity index (χ3v) is 6.45. The average molecular weight is 455 g/mol. The number of aromatic amines is 1. The molecule has 0 aliphatic heterocycles. The van der Waals surface area contributed by atoms with Crippen molar-refractivity contribution in [2.24, 2.45) is 0 Å². The zero-order chi connectivity index (χ0) is 23.5. The molecule has 0 saturated heterocycles. The van der Waals surface area contributed by atoms with Crippen LogP contribution in [0.3, 0.4) is 0 Å². The molecular formula is C28H30N4O2. The van der Waals surface area contributed by atoms with Gasteiger partial charge in [0.05, 0.1) is 11.7 Å². The van der Waals surface area contributed by atoms with Gasteiger partial charge in [-0.2, -0.15) is 5.48 Å². The fraction of sp³-hybridized carbons (Fsp3) is 0.250. The molecule has 174 valence electrons. The van der Waals surface area contributed by atoms with Crippen LogP contribution in [-0.4, -0.2) is 47.3 Å². The van der Waals surface area contributed by atoms with Gasteiger partial charge in [-0.25, -0.2) is 0 Å². The van der Waals surface area contributed by atoms with Crippen LogP contribution in [0.5, 0.6) is 5.75 Å². The lowest BCUT2D eigenvalue weighted by molar-refractivity contribution is 0.126. The van der Waals surface area contributed by atoms with Crippen molar-refractivity contribution < 1.29 is 9.94 Å². The second-order valence-corrected chi connectivity index (χ2v) is 9.02. The molecule has 0 bridgehead atoms. The van der Waals surface area contributed by atoms with Crippen molar-refractivity contribution in [2.45, 2.75) is 18.9 Å². The number of benzene rings is 2. The molecule has 1 atom stereocenters. The van der Waals surface area contributed by atoms with Crippen LogP contribution in [-0.2, 0) is 6.42 Å². The number of H-pyrrole nitrogens is 1. The molecule has 5 rings (SSSR count). The second kappa shape index (κ2) is 9.81. The van der Waals surface area contributed by atoms with Crippen LogP contribution >= 0.6 is 0 Å². The maximum atomic E-state index is 9.44. The third-order valence-electron chi connectivity index (χ3n) is 6.45. The van der Waals surface area contributed by atoms with Gasteiger partial charge in [-0.15, -0.1) is 0 Å². The Morgan fingerprint density at radius 1 is 1.00 bits per heavy atom. The minimum Gasteiger partial charge on any atom is -0.492 e. The minimum absolute atomic E-state index is 0.0176. The van der Waals surface area contributed by atoms with Crippen LogP contribution in [0, 0.1) is 0 Å². The number of likely N-dealkylation sites (N-methyl/N-ethyl adjacent to an activating group) is 1. The van der Waals surface area contributed by atoms with E-state index in [0.717, 1.165) is 58.8 Å². The molecule has 2 heterocycles. The summed E-state index contributed by atoms with van der Waals surface area (Å²) in [6, 6.07) is 21.1. The maximum absolute atomic E-state index is 9.44. The third kappa shape index (κ3) is 4.61. The normalized spacial score (nSPS) is 15.0. The van der Waals surface area contributed by atoms with Gasteiger partial charge in [0.2, 0.25) is 0 Å². The number of hydroxylamine groups is 1. The molecule has 0 saturated carbocycles. The highest BCUT2D eigenvalue weighted by Crippen LogP contribution is 2.39. The van der Waals surface area contributed by atoms with E-state index in [-0.39, 0.29) is 6.04 Å². The first-order valence-corrected chi connectivity index (χ1v) is 11.7. The van der Waals surface area contributed by atoms with Crippen LogP contribution < -0.4 is 10.2 Å². The topological polar surface area (TPSA) is 73.4 Å². The smallest absolute Gasteiger partial charge is 0.119 e. The molecule has 3 N–H and O–H groups in total. The lowest BCUT2D eigenvalue weighted by atomic mass is 9.97. The predicted octanol–water partition coefficient (Wildman–Crippen LogP) is 5.32. The van der Waals surface area contributed by atoms with Gasteiger partial charge in [-0.3, -0.25) is 4.98 Å². The van der Waals surface area contributed by atoms with Crippen molar-refractivity contribution in [2.75, 3.05) is 27.2 Å². The molecule has 0 spiro atoms. The Hall–Kier alpha value is -3.45. The van der Waals surface area contributed by atoms with Gasteiger partial charge >= 0.3 is 0 Å². The predicted molar refractivity (Wildman–Crippen MR) is 135 cm³/mol. The fourth-order valence-electron chi connectivity index (χ4n) is 4.58. The van der Waals surface area contributed by atoms with Gasteiger partial charge in [0, 0.05) is 35.8 Å². The number of ether oxygens (including phenoxy) is 1. The van der Waals surface area contributed by atoms with Crippen LogP contribution in [0.25, 0.3) is 33.6 Å². The van der Waals surface area contributed by atoms with E-state index >= 15 is 0 Å². The number of aromatic nitrogens is 2. The maximum Gasteiger partial charge on any atom is 0.119 e. The Labute approximate surface area is 200 Å². The Kier molecular flexibility index (Phi) is 6.45. The van der Waals surface area contributed by atoms with Crippen LogP contribution in [0.4, 0.5) is 0 Å². The second-order valence-electron chi connectivity index (χ2n) is 9.02. The molecule has 0 fully saturated rings. The summed E-state index contributed by atoms with van der Waals surface area (Å²) in [4.78, 5) is 9.94. The van der Waals surface area contributed by atoms with Gasteiger partial charge < -0.3 is 19.8 Å². The first-order chi connectivity index (χ1) is 16.6. The SMILES string of the molecule is CN(C)CCOc1ccc(-c2cc(-c3ccc4c(c3)CCC4NO)c(-c3ccncc3)[nH]2)cc1. The summed E-state index contributed by atoms with van der Waals surface area (Å²) in [7, 11) is 4.08. The molecule has 2 aromatic heterocycles. The zero-order valence-electron chi connectivity index (χ0n) is 19.6. The molecule has 1 aliphatic carbocycles. The van der Waals surface area contributed by atoms with Crippen molar-refractivity contribution in [3.63, 3.8) is 0 Å². The Morgan fingerprint density at radius 2 is 1.76 bits per heavy atom. The van der Waals surface area contributed by atoms with Crippen LogP contribution in [0.2, 0.25) is 0 Å². The van der Waals surface area contributed by atoms with Crippen molar-refractivity contribution >= 4 is 0 Å². The molecule has 4 aromatic rings. The number of fused-ring (bicyclic) bond motifs is 1. The summed E-state index contributed by atoms with van der Waals surface area (Å²) < 4.78 is 5.85. The summed E-state index contributed by atoms with van der Waals surface area (Å²) in [5.74, 6) is 0.873. The molecule has 34 heavy (non-hydrogen) atoms. The molecule has 6 heteroatoms. The number of nitrogens with zero attached hydrogens (tertiary/aromatic N) is 2. The Bertz CT molecular complexity index is 1250. The van der Waals surface area contributed by atoms with Gasteiger partial charge in [0.1, 0.15) is 12.4 Å². The number of rotatable bonds is 8. The van der Waals surface area contributed by atoms with Gasteiger partial charge in [0.25, 0.3) is 0 Å². The quantitative estimate of drug-likeness (QED) is 0.314. The fourth-order valence-corrected chi connectivity index (χ4v) is 4.58. The van der Waals surface area contributed by atoms with Crippen molar-refractivity contribution in [3.8, 4) is 39.4 Å². The summed E-state index contributed by atoms with van der Waals surface area (Å²) in [5.41, 5.74) is 11.5. The average Bonchev–Trinajstić information content (AvgIpc) is 3.49. The largest absolute Gasteiger partial charge is 0.492 e. The zero-order valence-corrected chi connectivity index (χ0v) is 19.6. The molecule has 6 nitrogen and oxygen atoms in total. The summed E-state index contributed by atoms with van der Waals surface area (Å²) in [6.07, 6.45) is 5.51. The highest BCUT2D eigenvalue weighted by molar-refractivity contribution is 5.86. The van der Waals surface area contributed by atoms with Crippen molar-refractivity contribution in [1.82, 2.24) is 20.3 Å². The van der Waals surface area contributed by atoms with Gasteiger partial charge in [-0.1, -0.05) is 18.2 Å². The molecule has 2 aromatic carbocycles. The summed E-state index contributed by atoms with van der Waals surface area (Å²) in [6.45, 7) is 1.54. The molecule has 1 unspecified atom stereocenters. The first-order valence-electron chi connectivity index (χ1n) is 11.7. The van der Waals surface area contributed by atoms with Crippen LogP contribution in [0.15, 0.2) is 73.1 Å². The number of aryl methyl sites for hydroxylation is 1. The van der Waals surface area contributed by atoms with E-state index in [2.05, 4.69) is 56.7 Å². The molecule has 0 radical (unpaired) electrons. The van der Waals surface area contributed by atoms with Crippen molar-refractivity contribution in [3.05, 3.63) is 84.2 Å². The highest BCUT2D eigenvalue weighted by atomic mass is 16.5. The van der Waals surface area contributed by atoms with E-state index in [0.29, 0.717) is 6.61 Å². The highest BCUT2D eigenvalue weighted by Gasteiger charge is 2.23. The van der Waals surface area contributed by atoms with Gasteiger partial charge in [0.15, 0.2) is 0 Å². The number of hydrogen-bond donors (Lipinski definition) is 3. The Morgan fingerprint density at radius 3 is 2.50 bits per heavy atom. The summed E-state index contributed by atoms with van der Waals surface area (Å²) in [5, 5.41) is 9.44. The van der Waals surface area contributed by atoms with E-state index in [4.69, 9.17) is 4.74 Å². The monoisotopic (exact) mass is 454 g/mol. The molecule has 1 aliphatic rings. The van der Waals surface area contributed by atoms with Crippen LogP contribution in [0.1, 0.15) is 23.6 Å². The lowest BCUT2D eigenvalue weighted by Gasteiger charge is -2.11. The number of pyridine rings is 1. The summed E-state index contributed by atoms with van der Waals surface area (Å²) >= 11 is 0. The number of nitrogens with one attached hydrogen (secondary N) is 2. The van der Waals surface area contributed by atoms with E-state index in [1.807, 2.05) is 50.8 Å². The molecular weight excluding hydrogens is 424 g/mol. The lowest BCUT2D eigenvalue weighted by Crippen LogP contribution is -2.19.